The zero-order chi connectivity index (χ0) is 25.2. The third-order valence-corrected chi connectivity index (χ3v) is 8.83. The summed E-state index contributed by atoms with van der Waals surface area (Å²) < 4.78 is 35.0. The zero-order valence-electron chi connectivity index (χ0n) is 20.4. The minimum absolute atomic E-state index is 0.0835. The van der Waals surface area contributed by atoms with Crippen molar-refractivity contribution in [2.45, 2.75) is 50.2 Å². The fourth-order valence-corrected chi connectivity index (χ4v) is 6.47. The average Bonchev–Trinajstić information content (AvgIpc) is 3.40. The van der Waals surface area contributed by atoms with E-state index < -0.39 is 22.2 Å². The Bertz CT molecular complexity index is 1200. The van der Waals surface area contributed by atoms with Crippen LogP contribution in [0.2, 0.25) is 0 Å². The van der Waals surface area contributed by atoms with E-state index in [1.54, 1.807) is 49.5 Å². The predicted octanol–water partition coefficient (Wildman–Crippen LogP) is 3.19. The number of hydrogen-bond donors (Lipinski definition) is 1. The molecule has 2 heterocycles. The Kier molecular flexibility index (Phi) is 7.59. The van der Waals surface area contributed by atoms with Crippen molar-refractivity contribution >= 4 is 21.5 Å². The van der Waals surface area contributed by atoms with E-state index in [1.807, 2.05) is 19.1 Å². The molecule has 4 rings (SSSR count). The van der Waals surface area contributed by atoms with E-state index in [0.29, 0.717) is 5.56 Å². The average molecular weight is 500 g/mol. The van der Waals surface area contributed by atoms with Crippen LogP contribution in [0.25, 0.3) is 5.57 Å². The van der Waals surface area contributed by atoms with Gasteiger partial charge in [0.25, 0.3) is 5.91 Å². The number of carbonyl (C=O) groups is 1. The molecule has 9 heteroatoms. The Morgan fingerprint density at radius 1 is 1.29 bits per heavy atom. The predicted molar refractivity (Wildman–Crippen MR) is 133 cm³/mol. The van der Waals surface area contributed by atoms with E-state index >= 15 is 0 Å². The van der Waals surface area contributed by atoms with Crippen LogP contribution in [0.3, 0.4) is 0 Å². The summed E-state index contributed by atoms with van der Waals surface area (Å²) in [6.45, 7) is 3.75. The first-order valence-corrected chi connectivity index (χ1v) is 13.4. The lowest BCUT2D eigenvalue weighted by Crippen LogP contribution is -2.50. The molecule has 1 N–H and O–H groups in total. The van der Waals surface area contributed by atoms with Crippen molar-refractivity contribution in [1.82, 2.24) is 14.2 Å². The van der Waals surface area contributed by atoms with E-state index in [-0.39, 0.29) is 42.2 Å². The molecule has 1 aromatic heterocycles. The van der Waals surface area contributed by atoms with Crippen LogP contribution in [0.1, 0.15) is 49.0 Å². The third kappa shape index (κ3) is 5.27. The topological polar surface area (TPSA) is 100 Å². The Morgan fingerprint density at radius 3 is 2.69 bits per heavy atom. The number of allylic oxidation sites excluding steroid dienone is 2. The van der Waals surface area contributed by atoms with Crippen LogP contribution in [-0.2, 0) is 10.0 Å². The number of likely N-dealkylation sites (N-methyl/N-ethyl adjacent to an activating group) is 1. The molecule has 35 heavy (non-hydrogen) atoms. The Morgan fingerprint density at radius 2 is 2.03 bits per heavy atom. The molecule has 3 atom stereocenters. The Hall–Kier alpha value is -2.75. The highest BCUT2D eigenvalue weighted by Gasteiger charge is 2.38. The summed E-state index contributed by atoms with van der Waals surface area (Å²) in [7, 11) is -2.19. The minimum Gasteiger partial charge on any atom is -0.487 e. The molecule has 2 aromatic rings. The fraction of sp³-hybridized carbons (Fsp3) is 0.462. The fourth-order valence-electron chi connectivity index (χ4n) is 4.64. The van der Waals surface area contributed by atoms with Crippen molar-refractivity contribution in [2.24, 2.45) is 5.92 Å². The van der Waals surface area contributed by atoms with Crippen LogP contribution in [0.4, 0.5) is 0 Å². The number of pyridine rings is 1. The van der Waals surface area contributed by atoms with E-state index in [1.165, 1.54) is 9.88 Å². The molecule has 0 saturated carbocycles. The first-order chi connectivity index (χ1) is 16.7. The van der Waals surface area contributed by atoms with Crippen LogP contribution in [-0.4, -0.2) is 72.5 Å². The molecule has 2 aliphatic rings. The minimum atomic E-state index is -3.90. The van der Waals surface area contributed by atoms with Gasteiger partial charge in [0.2, 0.25) is 10.0 Å². The van der Waals surface area contributed by atoms with Gasteiger partial charge in [0.1, 0.15) is 16.7 Å². The van der Waals surface area contributed by atoms with Gasteiger partial charge >= 0.3 is 0 Å². The second kappa shape index (κ2) is 10.5. The van der Waals surface area contributed by atoms with E-state index in [9.17, 15) is 18.3 Å². The van der Waals surface area contributed by atoms with E-state index in [2.05, 4.69) is 11.1 Å². The lowest BCUT2D eigenvalue weighted by atomic mass is 10.0. The quantitative estimate of drug-likeness (QED) is 0.655. The molecular formula is C26H33N3O5S. The maximum atomic E-state index is 13.6. The summed E-state index contributed by atoms with van der Waals surface area (Å²) >= 11 is 0. The van der Waals surface area contributed by atoms with Gasteiger partial charge in [-0.15, -0.1) is 0 Å². The van der Waals surface area contributed by atoms with Gasteiger partial charge in [-0.1, -0.05) is 19.1 Å². The summed E-state index contributed by atoms with van der Waals surface area (Å²) in [5.41, 5.74) is 2.66. The highest BCUT2D eigenvalue weighted by molar-refractivity contribution is 7.89. The lowest BCUT2D eigenvalue weighted by molar-refractivity contribution is 0.0563. The summed E-state index contributed by atoms with van der Waals surface area (Å²) in [5, 5.41) is 9.81. The van der Waals surface area contributed by atoms with Gasteiger partial charge in [0.15, 0.2) is 0 Å². The number of hydrogen-bond acceptors (Lipinski definition) is 6. The number of sulfonamides is 1. The number of carbonyl (C=O) groups excluding carboxylic acids is 1. The summed E-state index contributed by atoms with van der Waals surface area (Å²) in [6.07, 6.45) is 7.91. The molecule has 0 fully saturated rings. The van der Waals surface area contributed by atoms with Crippen molar-refractivity contribution in [2.75, 3.05) is 26.7 Å². The normalized spacial score (nSPS) is 22.8. The highest BCUT2D eigenvalue weighted by atomic mass is 32.2. The van der Waals surface area contributed by atoms with Crippen molar-refractivity contribution < 1.29 is 23.1 Å². The summed E-state index contributed by atoms with van der Waals surface area (Å²) in [6, 6.07) is 7.97. The number of nitrogens with zero attached hydrogens (tertiary/aromatic N) is 3. The molecular weight excluding hydrogens is 466 g/mol. The molecule has 1 amide bonds. The largest absolute Gasteiger partial charge is 0.487 e. The van der Waals surface area contributed by atoms with Gasteiger partial charge in [0.05, 0.1) is 13.2 Å². The first-order valence-electron chi connectivity index (χ1n) is 12.0. The van der Waals surface area contributed by atoms with Crippen molar-refractivity contribution in [3.63, 3.8) is 0 Å². The van der Waals surface area contributed by atoms with Gasteiger partial charge in [-0.05, 0) is 61.6 Å². The number of aromatic nitrogens is 1. The molecule has 0 bridgehead atoms. The van der Waals surface area contributed by atoms with Gasteiger partial charge in [0, 0.05) is 43.5 Å². The summed E-state index contributed by atoms with van der Waals surface area (Å²) in [4.78, 5) is 18.6. The van der Waals surface area contributed by atoms with Crippen molar-refractivity contribution in [3.05, 3.63) is 59.9 Å². The Balaban J connectivity index is 1.72. The van der Waals surface area contributed by atoms with Gasteiger partial charge in [-0.25, -0.2) is 8.42 Å². The van der Waals surface area contributed by atoms with Gasteiger partial charge in [-0.2, -0.15) is 4.31 Å². The smallest absolute Gasteiger partial charge is 0.253 e. The molecule has 1 aromatic carbocycles. The SMILES string of the molecule is C[C@@H]1CN([C@H](C)CO)S(=O)(=O)c2ccc(C3=CCCC3)cc2O[C@H]1CN(C)C(=O)c1ccncc1. The molecule has 1 aliphatic carbocycles. The van der Waals surface area contributed by atoms with Crippen LogP contribution < -0.4 is 4.74 Å². The van der Waals surface area contributed by atoms with Crippen molar-refractivity contribution in [3.8, 4) is 5.75 Å². The van der Waals surface area contributed by atoms with Crippen LogP contribution >= 0.6 is 0 Å². The highest BCUT2D eigenvalue weighted by Crippen LogP contribution is 2.37. The number of aliphatic hydroxyl groups excluding tert-OH is 1. The standard InChI is InChI=1S/C26H33N3O5S/c1-18-15-29(19(2)17-30)35(32,33)25-9-8-22(20-6-4-5-7-20)14-23(25)34-24(18)16-28(3)26(31)21-10-12-27-13-11-21/h6,8-14,18-19,24,30H,4-5,7,15-17H2,1-3H3/t18-,19-,24+/m1/s1. The molecule has 0 unspecified atom stereocenters. The van der Waals surface area contributed by atoms with Crippen LogP contribution in [0.15, 0.2) is 53.7 Å². The maximum Gasteiger partial charge on any atom is 0.253 e. The molecule has 0 radical (unpaired) electrons. The third-order valence-electron chi connectivity index (χ3n) is 6.81. The number of fused-ring (bicyclic) bond motifs is 1. The summed E-state index contributed by atoms with van der Waals surface area (Å²) in [5.74, 6) is -0.121. The van der Waals surface area contributed by atoms with Crippen molar-refractivity contribution in [1.29, 1.82) is 0 Å². The molecule has 0 spiro atoms. The lowest BCUT2D eigenvalue weighted by Gasteiger charge is -2.37. The molecule has 188 valence electrons. The van der Waals surface area contributed by atoms with Crippen LogP contribution in [0, 0.1) is 5.92 Å². The number of benzene rings is 1. The monoisotopic (exact) mass is 499 g/mol. The first kappa shape index (κ1) is 25.3. The number of ether oxygens (including phenoxy) is 1. The Labute approximate surface area is 207 Å². The second-order valence-corrected chi connectivity index (χ2v) is 11.3. The second-order valence-electron chi connectivity index (χ2n) is 9.44. The zero-order valence-corrected chi connectivity index (χ0v) is 21.2. The number of rotatable bonds is 6. The van der Waals surface area contributed by atoms with E-state index in [4.69, 9.17) is 4.74 Å². The van der Waals surface area contributed by atoms with E-state index in [0.717, 1.165) is 24.8 Å². The van der Waals surface area contributed by atoms with Gasteiger partial charge in [-0.3, -0.25) is 9.78 Å². The molecule has 0 saturated heterocycles. The molecule has 8 nitrogen and oxygen atoms in total. The molecule has 1 aliphatic heterocycles. The van der Waals surface area contributed by atoms with Gasteiger partial charge < -0.3 is 14.7 Å². The maximum absolute atomic E-state index is 13.6. The number of aliphatic hydroxyl groups is 1. The number of amides is 1. The van der Waals surface area contributed by atoms with Crippen LogP contribution in [0.5, 0.6) is 5.75 Å².